The number of carbonyl (C=O) groups is 3. The summed E-state index contributed by atoms with van der Waals surface area (Å²) in [6, 6.07) is 24.3. The van der Waals surface area contributed by atoms with Gasteiger partial charge in [-0.3, -0.25) is 14.4 Å². The molecule has 4 nitrogen and oxygen atoms in total. The minimum Gasteiger partial charge on any atom is -0.352 e. The molecule has 0 amide bonds. The van der Waals surface area contributed by atoms with Crippen molar-refractivity contribution >= 4 is 52.1 Å². The summed E-state index contributed by atoms with van der Waals surface area (Å²) in [7, 11) is 0. The first-order chi connectivity index (χ1) is 18.0. The summed E-state index contributed by atoms with van der Waals surface area (Å²) in [4.78, 5) is 46.0. The first-order valence-corrected chi connectivity index (χ1v) is 13.4. The highest BCUT2D eigenvalue weighted by Gasteiger charge is 2.71. The van der Waals surface area contributed by atoms with E-state index in [4.69, 9.17) is 11.6 Å². The summed E-state index contributed by atoms with van der Waals surface area (Å²) in [6.07, 6.45) is 3.90. The van der Waals surface area contributed by atoms with Crippen LogP contribution in [-0.2, 0) is 0 Å². The second kappa shape index (κ2) is 8.10. The third-order valence-electron chi connectivity index (χ3n) is 7.95. The van der Waals surface area contributed by atoms with Gasteiger partial charge in [0.2, 0.25) is 0 Å². The number of rotatable bonds is 3. The molecule has 4 aromatic rings. The summed E-state index contributed by atoms with van der Waals surface area (Å²) in [5.41, 5.74) is 1.81. The highest BCUT2D eigenvalue weighted by atomic mass is 35.5. The normalized spacial score (nSPS) is 22.7. The zero-order chi connectivity index (χ0) is 25.3. The van der Waals surface area contributed by atoms with Crippen LogP contribution in [0.2, 0.25) is 5.02 Å². The molecule has 3 aromatic carbocycles. The minimum atomic E-state index is -1.50. The van der Waals surface area contributed by atoms with Gasteiger partial charge in [-0.1, -0.05) is 84.4 Å². The molecule has 7 rings (SSSR count). The predicted molar refractivity (Wildman–Crippen MR) is 146 cm³/mol. The molecule has 0 N–H and O–H groups in total. The molecule has 6 heteroatoms. The third-order valence-corrected chi connectivity index (χ3v) is 9.07. The molecule has 1 unspecified atom stereocenters. The molecule has 1 spiro atoms. The lowest BCUT2D eigenvalue weighted by molar-refractivity contribution is 0.0666. The molecule has 3 aliphatic rings. The maximum Gasteiger partial charge on any atom is 0.195 e. The lowest BCUT2D eigenvalue weighted by atomic mass is 9.64. The summed E-state index contributed by atoms with van der Waals surface area (Å²) in [5.74, 6) is -1.32. The van der Waals surface area contributed by atoms with Crippen LogP contribution >= 0.6 is 22.9 Å². The van der Waals surface area contributed by atoms with E-state index >= 15 is 0 Å². The van der Waals surface area contributed by atoms with E-state index in [1.807, 2.05) is 64.9 Å². The van der Waals surface area contributed by atoms with Crippen LogP contribution in [0.15, 0.2) is 96.4 Å². The van der Waals surface area contributed by atoms with E-state index in [1.54, 1.807) is 42.5 Å². The highest BCUT2D eigenvalue weighted by molar-refractivity contribution is 7.12. The molecule has 3 heterocycles. The number of hydrogen-bond acceptors (Lipinski definition) is 5. The van der Waals surface area contributed by atoms with Gasteiger partial charge in [0, 0.05) is 27.8 Å². The van der Waals surface area contributed by atoms with Crippen LogP contribution in [0.3, 0.4) is 0 Å². The molecule has 37 heavy (non-hydrogen) atoms. The summed E-state index contributed by atoms with van der Waals surface area (Å²) in [6.45, 7) is 0. The lowest BCUT2D eigenvalue weighted by Crippen LogP contribution is -2.48. The maximum absolute atomic E-state index is 14.5. The Morgan fingerprint density at radius 1 is 0.865 bits per heavy atom. The molecule has 1 aromatic heterocycles. The number of Topliss-reactive ketones (excluding diaryl/α,β-unsaturated/α-hetero) is 3. The van der Waals surface area contributed by atoms with Crippen molar-refractivity contribution in [3.63, 3.8) is 0 Å². The SMILES string of the molecule is O=C(c1cccs1)[C@@H]1[C@@H](c2cccc(Cl)c2)C2(C(=O)c3ccccc3C2=O)C2C=Cc3ccccc3N21. The number of benzene rings is 3. The zero-order valence-corrected chi connectivity index (χ0v) is 21.1. The Kier molecular flexibility index (Phi) is 4.91. The average molecular weight is 522 g/mol. The maximum atomic E-state index is 14.5. The fourth-order valence-corrected chi connectivity index (χ4v) is 7.45. The summed E-state index contributed by atoms with van der Waals surface area (Å²) in [5, 5.41) is 2.36. The van der Waals surface area contributed by atoms with Gasteiger partial charge in [0.15, 0.2) is 17.3 Å². The van der Waals surface area contributed by atoms with Crippen LogP contribution in [0.1, 0.15) is 47.4 Å². The van der Waals surface area contributed by atoms with Crippen LogP contribution in [0.4, 0.5) is 5.69 Å². The van der Waals surface area contributed by atoms with Crippen LogP contribution < -0.4 is 4.90 Å². The van der Waals surface area contributed by atoms with E-state index < -0.39 is 23.4 Å². The second-order valence-corrected chi connectivity index (χ2v) is 11.0. The van der Waals surface area contributed by atoms with Crippen LogP contribution in [0.5, 0.6) is 0 Å². The number of anilines is 1. The molecule has 0 bridgehead atoms. The predicted octanol–water partition coefficient (Wildman–Crippen LogP) is 6.72. The first kappa shape index (κ1) is 22.4. The number of fused-ring (bicyclic) bond motifs is 5. The van der Waals surface area contributed by atoms with E-state index in [2.05, 4.69) is 0 Å². The van der Waals surface area contributed by atoms with Crippen molar-refractivity contribution in [1.82, 2.24) is 0 Å². The smallest absolute Gasteiger partial charge is 0.195 e. The Hall–Kier alpha value is -3.80. The second-order valence-electron chi connectivity index (χ2n) is 9.66. The van der Waals surface area contributed by atoms with E-state index in [0.29, 0.717) is 26.6 Å². The lowest BCUT2D eigenvalue weighted by Gasteiger charge is -2.37. The van der Waals surface area contributed by atoms with Gasteiger partial charge in [-0.15, -0.1) is 11.3 Å². The zero-order valence-electron chi connectivity index (χ0n) is 19.5. The number of halogens is 1. The molecular formula is C31H20ClNO3S. The van der Waals surface area contributed by atoms with Crippen molar-refractivity contribution in [3.05, 3.63) is 129 Å². The molecule has 2 aliphatic heterocycles. The summed E-state index contributed by atoms with van der Waals surface area (Å²) >= 11 is 7.83. The van der Waals surface area contributed by atoms with Crippen molar-refractivity contribution in [1.29, 1.82) is 0 Å². The molecule has 0 saturated carbocycles. The molecule has 1 aliphatic carbocycles. The van der Waals surface area contributed by atoms with Gasteiger partial charge >= 0.3 is 0 Å². The number of thiophene rings is 1. The van der Waals surface area contributed by atoms with Gasteiger partial charge in [-0.2, -0.15) is 0 Å². The standard InChI is InChI=1S/C31H20ClNO3S/c32-20-9-5-8-19(17-20)26-27(28(34)24-13-6-16-37-24)33-23-12-4-1-7-18(23)14-15-25(33)31(26)29(35)21-10-2-3-11-22(21)30(31)36/h1-17,25-27H/t25?,26-,27+/m1/s1. The molecule has 3 atom stereocenters. The fraction of sp³-hybridized carbons (Fsp3) is 0.129. The van der Waals surface area contributed by atoms with Gasteiger partial charge in [-0.25, -0.2) is 0 Å². The van der Waals surface area contributed by atoms with Gasteiger partial charge in [0.1, 0.15) is 11.5 Å². The number of nitrogens with zero attached hydrogens (tertiary/aromatic N) is 1. The van der Waals surface area contributed by atoms with Gasteiger partial charge in [0.25, 0.3) is 0 Å². The third kappa shape index (κ3) is 2.93. The molecule has 180 valence electrons. The van der Waals surface area contributed by atoms with Gasteiger partial charge < -0.3 is 4.90 Å². The monoisotopic (exact) mass is 521 g/mol. The van der Waals surface area contributed by atoms with Crippen molar-refractivity contribution < 1.29 is 14.4 Å². The van der Waals surface area contributed by atoms with Gasteiger partial charge in [0.05, 0.1) is 10.9 Å². The van der Waals surface area contributed by atoms with Crippen LogP contribution in [-0.4, -0.2) is 29.4 Å². The van der Waals surface area contributed by atoms with E-state index in [-0.39, 0.29) is 17.3 Å². The van der Waals surface area contributed by atoms with E-state index in [9.17, 15) is 14.4 Å². The van der Waals surface area contributed by atoms with Crippen molar-refractivity contribution in [2.75, 3.05) is 4.90 Å². The number of carbonyl (C=O) groups excluding carboxylic acids is 3. The highest BCUT2D eigenvalue weighted by Crippen LogP contribution is 2.61. The summed E-state index contributed by atoms with van der Waals surface area (Å²) < 4.78 is 0. The molecule has 1 fully saturated rings. The van der Waals surface area contributed by atoms with Crippen LogP contribution in [0.25, 0.3) is 6.08 Å². The molecule has 1 saturated heterocycles. The van der Waals surface area contributed by atoms with Gasteiger partial charge in [-0.05, 0) is 40.8 Å². The average Bonchev–Trinajstić information content (AvgIpc) is 3.62. The van der Waals surface area contributed by atoms with Crippen molar-refractivity contribution in [2.24, 2.45) is 5.41 Å². The van der Waals surface area contributed by atoms with Crippen molar-refractivity contribution in [2.45, 2.75) is 18.0 Å². The Bertz CT molecular complexity index is 1600. The Balaban J connectivity index is 1.57. The van der Waals surface area contributed by atoms with Crippen LogP contribution in [0, 0.1) is 5.41 Å². The molecular weight excluding hydrogens is 502 g/mol. The number of hydrogen-bond donors (Lipinski definition) is 0. The van der Waals surface area contributed by atoms with E-state index in [1.165, 1.54) is 11.3 Å². The number of ketones is 3. The fourth-order valence-electron chi connectivity index (χ4n) is 6.56. The van der Waals surface area contributed by atoms with E-state index in [0.717, 1.165) is 11.3 Å². The largest absolute Gasteiger partial charge is 0.352 e. The quantitative estimate of drug-likeness (QED) is 0.222. The minimum absolute atomic E-state index is 0.108. The molecule has 0 radical (unpaired) electrons. The van der Waals surface area contributed by atoms with Crippen molar-refractivity contribution in [3.8, 4) is 0 Å². The first-order valence-electron chi connectivity index (χ1n) is 12.1. The Morgan fingerprint density at radius 3 is 2.30 bits per heavy atom. The number of para-hydroxylation sites is 1. The topological polar surface area (TPSA) is 54.5 Å². The Morgan fingerprint density at radius 2 is 1.59 bits per heavy atom. The Labute approximate surface area is 222 Å².